The largest absolute Gasteiger partial charge is 0.486 e. The van der Waals surface area contributed by atoms with Crippen molar-refractivity contribution in [2.24, 2.45) is 5.92 Å². The van der Waals surface area contributed by atoms with Gasteiger partial charge in [-0.3, -0.25) is 0 Å². The van der Waals surface area contributed by atoms with Gasteiger partial charge in [-0.2, -0.15) is 0 Å². The molecule has 0 aliphatic heterocycles. The molecule has 2 nitrogen and oxygen atoms in total. The van der Waals surface area contributed by atoms with Gasteiger partial charge in [-0.25, -0.2) is 8.78 Å². The Kier molecular flexibility index (Phi) is 4.75. The standard InChI is InChI=1S/C15H21F2NO/c1-3-10-4-7-13(18-2)15(8-10)19-14-9-11(16)5-6-12(14)17/h5-6,9-10,13,15,18H,3-4,7-8H2,1-2H3. The molecule has 3 atom stereocenters. The summed E-state index contributed by atoms with van der Waals surface area (Å²) in [4.78, 5) is 0. The van der Waals surface area contributed by atoms with E-state index in [-0.39, 0.29) is 17.9 Å². The molecule has 1 aliphatic rings. The maximum Gasteiger partial charge on any atom is 0.165 e. The van der Waals surface area contributed by atoms with E-state index in [2.05, 4.69) is 12.2 Å². The molecule has 0 spiro atoms. The molecule has 1 N–H and O–H groups in total. The first kappa shape index (κ1) is 14.3. The Morgan fingerprint density at radius 3 is 2.79 bits per heavy atom. The van der Waals surface area contributed by atoms with Gasteiger partial charge in [0.2, 0.25) is 0 Å². The second kappa shape index (κ2) is 6.33. The third kappa shape index (κ3) is 3.44. The average Bonchev–Trinajstić information content (AvgIpc) is 2.42. The van der Waals surface area contributed by atoms with E-state index in [9.17, 15) is 8.78 Å². The minimum absolute atomic E-state index is 0.0157. The van der Waals surface area contributed by atoms with Crippen molar-refractivity contribution in [2.45, 2.75) is 44.8 Å². The Morgan fingerprint density at radius 1 is 1.32 bits per heavy atom. The topological polar surface area (TPSA) is 21.3 Å². The van der Waals surface area contributed by atoms with Gasteiger partial charge < -0.3 is 10.1 Å². The highest BCUT2D eigenvalue weighted by Crippen LogP contribution is 2.31. The lowest BCUT2D eigenvalue weighted by molar-refractivity contribution is 0.0842. The molecule has 1 fully saturated rings. The molecule has 0 radical (unpaired) electrons. The van der Waals surface area contributed by atoms with Gasteiger partial charge in [0.25, 0.3) is 0 Å². The quantitative estimate of drug-likeness (QED) is 0.903. The van der Waals surface area contributed by atoms with Crippen LogP contribution >= 0.6 is 0 Å². The lowest BCUT2D eigenvalue weighted by atomic mass is 9.82. The maximum atomic E-state index is 13.6. The van der Waals surface area contributed by atoms with Gasteiger partial charge in [-0.1, -0.05) is 13.3 Å². The van der Waals surface area contributed by atoms with Crippen LogP contribution in [0.5, 0.6) is 5.75 Å². The van der Waals surface area contributed by atoms with Crippen LogP contribution in [0.3, 0.4) is 0 Å². The number of nitrogens with one attached hydrogen (secondary N) is 1. The second-order valence-electron chi connectivity index (χ2n) is 5.21. The Bertz CT molecular complexity index is 425. The number of hydrogen-bond acceptors (Lipinski definition) is 2. The number of likely N-dealkylation sites (N-methyl/N-ethyl adjacent to an activating group) is 1. The van der Waals surface area contributed by atoms with E-state index in [4.69, 9.17) is 4.74 Å². The highest BCUT2D eigenvalue weighted by Gasteiger charge is 2.30. The van der Waals surface area contributed by atoms with Crippen molar-refractivity contribution >= 4 is 0 Å². The average molecular weight is 269 g/mol. The number of halogens is 2. The smallest absolute Gasteiger partial charge is 0.165 e. The Balaban J connectivity index is 2.11. The minimum atomic E-state index is -0.505. The van der Waals surface area contributed by atoms with Crippen molar-refractivity contribution < 1.29 is 13.5 Å². The Hall–Kier alpha value is -1.16. The van der Waals surface area contributed by atoms with Crippen molar-refractivity contribution in [1.82, 2.24) is 5.32 Å². The van der Waals surface area contributed by atoms with E-state index in [0.29, 0.717) is 5.92 Å². The van der Waals surface area contributed by atoms with Crippen molar-refractivity contribution in [3.63, 3.8) is 0 Å². The SMILES string of the molecule is CCC1CCC(NC)C(Oc2cc(F)ccc2F)C1. The van der Waals surface area contributed by atoms with Gasteiger partial charge in [-0.15, -0.1) is 0 Å². The van der Waals surface area contributed by atoms with E-state index in [1.54, 1.807) is 0 Å². The van der Waals surface area contributed by atoms with Crippen LogP contribution in [0.2, 0.25) is 0 Å². The van der Waals surface area contributed by atoms with Gasteiger partial charge in [0.1, 0.15) is 11.9 Å². The summed E-state index contributed by atoms with van der Waals surface area (Å²) in [5.74, 6) is -0.358. The molecule has 1 aromatic carbocycles. The molecule has 0 aromatic heterocycles. The van der Waals surface area contributed by atoms with Crippen molar-refractivity contribution in [3.05, 3.63) is 29.8 Å². The highest BCUT2D eigenvalue weighted by molar-refractivity contribution is 5.25. The van der Waals surface area contributed by atoms with E-state index in [1.807, 2.05) is 7.05 Å². The fourth-order valence-electron chi connectivity index (χ4n) is 2.77. The van der Waals surface area contributed by atoms with Crippen LogP contribution in [-0.4, -0.2) is 19.2 Å². The van der Waals surface area contributed by atoms with E-state index >= 15 is 0 Å². The zero-order chi connectivity index (χ0) is 13.8. The molecule has 2 rings (SSSR count). The molecule has 4 heteroatoms. The first-order valence-electron chi connectivity index (χ1n) is 6.93. The zero-order valence-electron chi connectivity index (χ0n) is 11.5. The van der Waals surface area contributed by atoms with E-state index in [0.717, 1.165) is 43.9 Å². The molecule has 0 saturated heterocycles. The first-order chi connectivity index (χ1) is 9.13. The molecule has 1 aliphatic carbocycles. The number of rotatable bonds is 4. The second-order valence-corrected chi connectivity index (χ2v) is 5.21. The number of hydrogen-bond donors (Lipinski definition) is 1. The highest BCUT2D eigenvalue weighted by atomic mass is 19.1. The van der Waals surface area contributed by atoms with E-state index in [1.165, 1.54) is 0 Å². The van der Waals surface area contributed by atoms with Crippen LogP contribution in [-0.2, 0) is 0 Å². The van der Waals surface area contributed by atoms with Gasteiger partial charge in [0.15, 0.2) is 11.6 Å². The molecule has 19 heavy (non-hydrogen) atoms. The number of benzene rings is 1. The summed E-state index contributed by atoms with van der Waals surface area (Å²) in [6.07, 6.45) is 4.06. The predicted molar refractivity (Wildman–Crippen MR) is 71.3 cm³/mol. The lowest BCUT2D eigenvalue weighted by Gasteiger charge is -2.35. The van der Waals surface area contributed by atoms with E-state index < -0.39 is 11.6 Å². The van der Waals surface area contributed by atoms with Gasteiger partial charge in [0.05, 0.1) is 0 Å². The summed E-state index contributed by atoms with van der Waals surface area (Å²) in [5.41, 5.74) is 0. The minimum Gasteiger partial charge on any atom is -0.486 e. The van der Waals surface area contributed by atoms with Crippen LogP contribution in [0.25, 0.3) is 0 Å². The molecule has 0 bridgehead atoms. The molecule has 1 aromatic rings. The third-order valence-corrected chi connectivity index (χ3v) is 4.02. The molecular weight excluding hydrogens is 248 g/mol. The third-order valence-electron chi connectivity index (χ3n) is 4.02. The molecule has 106 valence electrons. The van der Waals surface area contributed by atoms with Crippen LogP contribution in [0.4, 0.5) is 8.78 Å². The normalized spacial score (nSPS) is 27.3. The zero-order valence-corrected chi connectivity index (χ0v) is 11.5. The maximum absolute atomic E-state index is 13.6. The van der Waals surface area contributed by atoms with Crippen molar-refractivity contribution in [3.8, 4) is 5.75 Å². The summed E-state index contributed by atoms with van der Waals surface area (Å²) < 4.78 is 32.5. The first-order valence-corrected chi connectivity index (χ1v) is 6.93. The fraction of sp³-hybridized carbons (Fsp3) is 0.600. The van der Waals surface area contributed by atoms with Crippen molar-refractivity contribution in [2.75, 3.05) is 7.05 Å². The molecule has 3 unspecified atom stereocenters. The van der Waals surface area contributed by atoms with Crippen LogP contribution in [0, 0.1) is 17.6 Å². The van der Waals surface area contributed by atoms with Crippen LogP contribution in [0.15, 0.2) is 18.2 Å². The summed E-state index contributed by atoms with van der Waals surface area (Å²) in [5, 5.41) is 3.21. The molecular formula is C15H21F2NO. The fourth-order valence-corrected chi connectivity index (χ4v) is 2.77. The summed E-state index contributed by atoms with van der Waals surface area (Å²) in [7, 11) is 1.88. The Morgan fingerprint density at radius 2 is 2.11 bits per heavy atom. The van der Waals surface area contributed by atoms with Gasteiger partial charge >= 0.3 is 0 Å². The molecule has 1 saturated carbocycles. The summed E-state index contributed by atoms with van der Waals surface area (Å²) >= 11 is 0. The molecule has 0 heterocycles. The van der Waals surface area contributed by atoms with Gasteiger partial charge in [0, 0.05) is 12.1 Å². The van der Waals surface area contributed by atoms with Crippen LogP contribution in [0.1, 0.15) is 32.6 Å². The van der Waals surface area contributed by atoms with Crippen LogP contribution < -0.4 is 10.1 Å². The molecule has 0 amide bonds. The summed E-state index contributed by atoms with van der Waals surface area (Å²) in [6.45, 7) is 2.16. The monoisotopic (exact) mass is 269 g/mol. The Labute approximate surface area is 113 Å². The summed E-state index contributed by atoms with van der Waals surface area (Å²) in [6, 6.07) is 3.54. The number of ether oxygens (including phenoxy) is 1. The lowest BCUT2D eigenvalue weighted by Crippen LogP contribution is -2.45. The predicted octanol–water partition coefficient (Wildman–Crippen LogP) is 3.51. The van der Waals surface area contributed by atoms with Gasteiger partial charge in [-0.05, 0) is 44.4 Å². The van der Waals surface area contributed by atoms with Crippen molar-refractivity contribution in [1.29, 1.82) is 0 Å².